The molecule has 0 amide bonds. The summed E-state index contributed by atoms with van der Waals surface area (Å²) >= 11 is 0. The van der Waals surface area contributed by atoms with Gasteiger partial charge < -0.3 is 10.2 Å². The van der Waals surface area contributed by atoms with Crippen LogP contribution in [0.25, 0.3) is 0 Å². The fourth-order valence-electron chi connectivity index (χ4n) is 5.07. The highest BCUT2D eigenvalue weighted by Crippen LogP contribution is 2.56. The quantitative estimate of drug-likeness (QED) is 0.732. The van der Waals surface area contributed by atoms with E-state index >= 15 is 0 Å². The predicted octanol–water partition coefficient (Wildman–Crippen LogP) is 3.02. The third-order valence-corrected chi connectivity index (χ3v) is 6.76. The molecule has 0 aromatic rings. The van der Waals surface area contributed by atoms with E-state index in [0.717, 1.165) is 36.8 Å². The third kappa shape index (κ3) is 2.05. The van der Waals surface area contributed by atoms with Gasteiger partial charge in [0.2, 0.25) is 0 Å². The van der Waals surface area contributed by atoms with E-state index in [4.69, 9.17) is 0 Å². The minimum Gasteiger partial charge on any atom is -0.393 e. The van der Waals surface area contributed by atoms with Crippen molar-refractivity contribution in [3.05, 3.63) is 23.8 Å². The predicted molar refractivity (Wildman–Crippen MR) is 86.2 cm³/mol. The second kappa shape index (κ2) is 5.04. The number of rotatable bonds is 1. The van der Waals surface area contributed by atoms with Crippen LogP contribution in [0.2, 0.25) is 0 Å². The van der Waals surface area contributed by atoms with Crippen molar-refractivity contribution in [2.75, 3.05) is 0 Å². The number of ketones is 1. The van der Waals surface area contributed by atoms with E-state index in [0.29, 0.717) is 12.3 Å². The van der Waals surface area contributed by atoms with E-state index in [9.17, 15) is 15.0 Å². The van der Waals surface area contributed by atoms with E-state index in [1.165, 1.54) is 0 Å². The molecule has 3 nitrogen and oxygen atoms in total. The first-order valence-electron chi connectivity index (χ1n) is 8.48. The molecule has 3 aliphatic rings. The highest BCUT2D eigenvalue weighted by atomic mass is 16.3. The number of carbonyl (C=O) groups excluding carboxylic acids is 1. The lowest BCUT2D eigenvalue weighted by Gasteiger charge is -2.53. The molecule has 0 aromatic heterocycles. The Labute approximate surface area is 133 Å². The largest absolute Gasteiger partial charge is 0.393 e. The van der Waals surface area contributed by atoms with Crippen molar-refractivity contribution in [3.63, 3.8) is 0 Å². The van der Waals surface area contributed by atoms with E-state index in [2.05, 4.69) is 20.4 Å². The Balaban J connectivity index is 2.04. The second-order valence-corrected chi connectivity index (χ2v) is 8.32. The van der Waals surface area contributed by atoms with Gasteiger partial charge >= 0.3 is 0 Å². The van der Waals surface area contributed by atoms with Gasteiger partial charge in [0.15, 0.2) is 5.78 Å². The molecule has 0 radical (unpaired) electrons. The Morgan fingerprint density at radius 3 is 2.50 bits per heavy atom. The van der Waals surface area contributed by atoms with Gasteiger partial charge in [-0.3, -0.25) is 4.79 Å². The molecule has 22 heavy (non-hydrogen) atoms. The van der Waals surface area contributed by atoms with Gasteiger partial charge in [-0.2, -0.15) is 0 Å². The summed E-state index contributed by atoms with van der Waals surface area (Å²) in [7, 11) is 0. The summed E-state index contributed by atoms with van der Waals surface area (Å²) in [6.07, 6.45) is 4.52. The summed E-state index contributed by atoms with van der Waals surface area (Å²) in [6.45, 7) is 9.99. The van der Waals surface area contributed by atoms with E-state index in [1.54, 1.807) is 6.08 Å². The van der Waals surface area contributed by atoms with E-state index in [-0.39, 0.29) is 23.2 Å². The molecule has 2 N–H and O–H groups in total. The molecular formula is C19H28O3. The molecule has 0 saturated heterocycles. The number of carbonyl (C=O) groups is 1. The summed E-state index contributed by atoms with van der Waals surface area (Å²) in [6, 6.07) is 0. The minimum atomic E-state index is -0.589. The maximum atomic E-state index is 12.8. The SMILES string of the molecule is C=C[C@]1(C)CC(=O)C2=C(CC[C@H]3[C@H]2CC[C@H](O)C3(C)C)[C@@H]1O. The van der Waals surface area contributed by atoms with Gasteiger partial charge in [-0.15, -0.1) is 6.58 Å². The van der Waals surface area contributed by atoms with Crippen molar-refractivity contribution in [2.45, 2.75) is 65.1 Å². The summed E-state index contributed by atoms with van der Waals surface area (Å²) in [5.41, 5.74) is 1.15. The maximum Gasteiger partial charge on any atom is 0.160 e. The monoisotopic (exact) mass is 304 g/mol. The fraction of sp³-hybridized carbons (Fsp3) is 0.737. The van der Waals surface area contributed by atoms with Crippen molar-refractivity contribution < 1.29 is 15.0 Å². The van der Waals surface area contributed by atoms with Crippen molar-refractivity contribution in [3.8, 4) is 0 Å². The number of Topliss-reactive ketones (excluding diaryl/α,β-unsaturated/α-hetero) is 1. The Morgan fingerprint density at radius 1 is 1.18 bits per heavy atom. The molecule has 3 rings (SSSR count). The smallest absolute Gasteiger partial charge is 0.160 e. The minimum absolute atomic E-state index is 0.161. The number of hydrogen-bond acceptors (Lipinski definition) is 3. The molecule has 1 fully saturated rings. The molecule has 0 heterocycles. The van der Waals surface area contributed by atoms with Crippen LogP contribution in [0.15, 0.2) is 23.8 Å². The molecule has 5 atom stereocenters. The maximum absolute atomic E-state index is 12.8. The van der Waals surface area contributed by atoms with Crippen LogP contribution in [0.3, 0.4) is 0 Å². The fourth-order valence-corrected chi connectivity index (χ4v) is 5.07. The molecule has 3 aliphatic carbocycles. The van der Waals surface area contributed by atoms with Crippen LogP contribution in [0.4, 0.5) is 0 Å². The number of allylic oxidation sites excluding steroid dienone is 1. The van der Waals surface area contributed by atoms with Gasteiger partial charge in [-0.05, 0) is 48.5 Å². The molecule has 0 unspecified atom stereocenters. The molecule has 3 heteroatoms. The van der Waals surface area contributed by atoms with Gasteiger partial charge in [0.05, 0.1) is 12.2 Å². The first kappa shape index (κ1) is 15.9. The average Bonchev–Trinajstić information content (AvgIpc) is 2.48. The first-order valence-corrected chi connectivity index (χ1v) is 8.48. The van der Waals surface area contributed by atoms with E-state index in [1.807, 2.05) is 6.92 Å². The zero-order valence-corrected chi connectivity index (χ0v) is 13.9. The van der Waals surface area contributed by atoms with Gasteiger partial charge in [-0.1, -0.05) is 26.8 Å². The Bertz CT molecular complexity index is 545. The standard InChI is InChI=1S/C19H28O3/c1-5-19(4)10-14(20)16-11-7-9-15(21)18(2,3)13(11)8-6-12(16)17(19)22/h5,11,13,15,17,21-22H,1,6-10H2,2-4H3/t11-,13+,15+,17+,19-/m1/s1. The van der Waals surface area contributed by atoms with Crippen LogP contribution < -0.4 is 0 Å². The second-order valence-electron chi connectivity index (χ2n) is 8.32. The summed E-state index contributed by atoms with van der Waals surface area (Å²) in [5, 5.41) is 21.1. The third-order valence-electron chi connectivity index (χ3n) is 6.76. The number of aliphatic hydroxyl groups excluding tert-OH is 2. The number of aliphatic hydroxyl groups is 2. The van der Waals surface area contributed by atoms with Crippen LogP contribution >= 0.6 is 0 Å². The zero-order valence-electron chi connectivity index (χ0n) is 13.9. The molecule has 0 spiro atoms. The highest BCUT2D eigenvalue weighted by Gasteiger charge is 2.52. The molecule has 0 bridgehead atoms. The lowest BCUT2D eigenvalue weighted by molar-refractivity contribution is -0.123. The zero-order chi connectivity index (χ0) is 16.3. The van der Waals surface area contributed by atoms with Gasteiger partial charge in [0, 0.05) is 17.4 Å². The molecule has 0 aromatic carbocycles. The molecule has 122 valence electrons. The normalized spacial score (nSPS) is 44.3. The lowest BCUT2D eigenvalue weighted by atomic mass is 9.53. The average molecular weight is 304 g/mol. The van der Waals surface area contributed by atoms with E-state index < -0.39 is 11.5 Å². The van der Waals surface area contributed by atoms with Crippen LogP contribution in [0.1, 0.15) is 52.9 Å². The van der Waals surface area contributed by atoms with Gasteiger partial charge in [0.1, 0.15) is 0 Å². The van der Waals surface area contributed by atoms with Crippen molar-refractivity contribution >= 4 is 5.78 Å². The first-order chi connectivity index (χ1) is 10.2. The topological polar surface area (TPSA) is 57.5 Å². The van der Waals surface area contributed by atoms with Crippen molar-refractivity contribution in [1.29, 1.82) is 0 Å². The van der Waals surface area contributed by atoms with Crippen molar-refractivity contribution in [1.82, 2.24) is 0 Å². The van der Waals surface area contributed by atoms with Crippen LogP contribution in [-0.2, 0) is 4.79 Å². The summed E-state index contributed by atoms with van der Waals surface area (Å²) in [4.78, 5) is 12.8. The Hall–Kier alpha value is -0.930. The summed E-state index contributed by atoms with van der Waals surface area (Å²) in [5.74, 6) is 0.725. The highest BCUT2D eigenvalue weighted by molar-refractivity contribution is 5.99. The van der Waals surface area contributed by atoms with Gasteiger partial charge in [-0.25, -0.2) is 0 Å². The number of fused-ring (bicyclic) bond motifs is 2. The number of hydrogen-bond donors (Lipinski definition) is 2. The van der Waals surface area contributed by atoms with Crippen LogP contribution in [0.5, 0.6) is 0 Å². The van der Waals surface area contributed by atoms with Gasteiger partial charge in [0.25, 0.3) is 0 Å². The molecular weight excluding hydrogens is 276 g/mol. The molecule has 0 aliphatic heterocycles. The van der Waals surface area contributed by atoms with Crippen LogP contribution in [-0.4, -0.2) is 28.2 Å². The van der Waals surface area contributed by atoms with Crippen LogP contribution in [0, 0.1) is 22.7 Å². The molecule has 1 saturated carbocycles. The Morgan fingerprint density at radius 2 is 1.86 bits per heavy atom. The van der Waals surface area contributed by atoms with Crippen molar-refractivity contribution in [2.24, 2.45) is 22.7 Å². The Kier molecular flexibility index (Phi) is 3.65. The summed E-state index contributed by atoms with van der Waals surface area (Å²) < 4.78 is 0. The lowest BCUT2D eigenvalue weighted by Crippen LogP contribution is -2.51.